The number of carboxylic acid groups (broad SMARTS) is 1. The van der Waals surface area contributed by atoms with E-state index in [1.165, 1.54) is 0 Å². The SMILES string of the molecule is CCSC1CCN(C(=O)CC(=O)O)CC1. The van der Waals surface area contributed by atoms with E-state index >= 15 is 0 Å². The molecule has 0 aromatic heterocycles. The van der Waals surface area contributed by atoms with Crippen molar-refractivity contribution in [3.05, 3.63) is 0 Å². The molecule has 0 unspecified atom stereocenters. The quantitative estimate of drug-likeness (QED) is 0.739. The van der Waals surface area contributed by atoms with Crippen molar-refractivity contribution >= 4 is 23.6 Å². The summed E-state index contributed by atoms with van der Waals surface area (Å²) in [5, 5.41) is 9.14. The number of aliphatic carboxylic acids is 1. The summed E-state index contributed by atoms with van der Waals surface area (Å²) in [5.74, 6) is -0.180. The highest BCUT2D eigenvalue weighted by Gasteiger charge is 2.23. The molecule has 1 aliphatic rings. The number of amides is 1. The Morgan fingerprint density at radius 1 is 1.40 bits per heavy atom. The van der Waals surface area contributed by atoms with Gasteiger partial charge < -0.3 is 10.0 Å². The van der Waals surface area contributed by atoms with Crippen LogP contribution in [0.5, 0.6) is 0 Å². The lowest BCUT2D eigenvalue weighted by atomic mass is 10.1. The van der Waals surface area contributed by atoms with Gasteiger partial charge >= 0.3 is 5.97 Å². The van der Waals surface area contributed by atoms with Crippen molar-refractivity contribution in [1.82, 2.24) is 4.90 Å². The molecule has 0 atom stereocenters. The molecule has 86 valence electrons. The highest BCUT2D eigenvalue weighted by molar-refractivity contribution is 7.99. The van der Waals surface area contributed by atoms with E-state index in [2.05, 4.69) is 6.92 Å². The van der Waals surface area contributed by atoms with Crippen LogP contribution in [-0.2, 0) is 9.59 Å². The minimum absolute atomic E-state index is 0.248. The lowest BCUT2D eigenvalue weighted by molar-refractivity contribution is -0.144. The zero-order valence-corrected chi connectivity index (χ0v) is 9.76. The van der Waals surface area contributed by atoms with E-state index in [0.717, 1.165) is 18.6 Å². The number of nitrogens with zero attached hydrogens (tertiary/aromatic N) is 1. The molecule has 5 heteroatoms. The molecule has 0 aromatic carbocycles. The molecule has 1 fully saturated rings. The first kappa shape index (κ1) is 12.4. The van der Waals surface area contributed by atoms with Gasteiger partial charge in [0.25, 0.3) is 0 Å². The van der Waals surface area contributed by atoms with Gasteiger partial charge in [0.2, 0.25) is 5.91 Å². The van der Waals surface area contributed by atoms with E-state index in [1.807, 2.05) is 11.8 Å². The summed E-state index contributed by atoms with van der Waals surface area (Å²) in [6, 6.07) is 0. The van der Waals surface area contributed by atoms with Crippen LogP contribution in [0, 0.1) is 0 Å². The van der Waals surface area contributed by atoms with E-state index in [4.69, 9.17) is 5.11 Å². The van der Waals surface area contributed by atoms with Gasteiger partial charge in [-0.1, -0.05) is 6.92 Å². The van der Waals surface area contributed by atoms with Gasteiger partial charge in [-0.2, -0.15) is 11.8 Å². The van der Waals surface area contributed by atoms with Crippen molar-refractivity contribution in [1.29, 1.82) is 0 Å². The summed E-state index contributed by atoms with van der Waals surface area (Å²) < 4.78 is 0. The second-order valence-electron chi connectivity index (χ2n) is 3.61. The molecule has 0 saturated carbocycles. The third-order valence-corrected chi connectivity index (χ3v) is 3.78. The van der Waals surface area contributed by atoms with Gasteiger partial charge in [0.1, 0.15) is 6.42 Å². The Kier molecular flexibility index (Phi) is 4.94. The molecule has 1 aliphatic heterocycles. The summed E-state index contributed by atoms with van der Waals surface area (Å²) >= 11 is 1.93. The fourth-order valence-corrected chi connectivity index (χ4v) is 2.76. The topological polar surface area (TPSA) is 57.6 Å². The number of likely N-dealkylation sites (tertiary alicyclic amines) is 1. The van der Waals surface area contributed by atoms with Crippen molar-refractivity contribution in [2.75, 3.05) is 18.8 Å². The molecule has 0 spiro atoms. The van der Waals surface area contributed by atoms with E-state index < -0.39 is 5.97 Å². The van der Waals surface area contributed by atoms with Crippen molar-refractivity contribution in [2.45, 2.75) is 31.4 Å². The van der Waals surface area contributed by atoms with Gasteiger partial charge in [-0.05, 0) is 18.6 Å². The normalized spacial score (nSPS) is 17.8. The maximum atomic E-state index is 11.4. The maximum Gasteiger partial charge on any atom is 0.312 e. The van der Waals surface area contributed by atoms with Gasteiger partial charge in [-0.3, -0.25) is 9.59 Å². The standard InChI is InChI=1S/C10H17NO3S/c1-2-15-8-3-5-11(6-4-8)9(12)7-10(13)14/h8H,2-7H2,1H3,(H,13,14). The van der Waals surface area contributed by atoms with Crippen LogP contribution in [-0.4, -0.2) is 46.0 Å². The Labute approximate surface area is 94.0 Å². The van der Waals surface area contributed by atoms with Crippen LogP contribution in [0.15, 0.2) is 0 Å². The first-order valence-corrected chi connectivity index (χ1v) is 6.29. The first-order chi connectivity index (χ1) is 7.13. The van der Waals surface area contributed by atoms with Crippen LogP contribution in [0.4, 0.5) is 0 Å². The van der Waals surface area contributed by atoms with Crippen LogP contribution in [0.25, 0.3) is 0 Å². The molecule has 15 heavy (non-hydrogen) atoms. The zero-order valence-electron chi connectivity index (χ0n) is 8.94. The summed E-state index contributed by atoms with van der Waals surface area (Å²) in [4.78, 5) is 23.4. The molecule has 0 bridgehead atoms. The average molecular weight is 231 g/mol. The highest BCUT2D eigenvalue weighted by atomic mass is 32.2. The average Bonchev–Trinajstić information content (AvgIpc) is 2.18. The molecule has 1 rings (SSSR count). The number of rotatable bonds is 4. The number of carbonyl (C=O) groups is 2. The van der Waals surface area contributed by atoms with Gasteiger partial charge in [-0.25, -0.2) is 0 Å². The number of hydrogen-bond donors (Lipinski definition) is 1. The predicted molar refractivity (Wildman–Crippen MR) is 60.0 cm³/mol. The van der Waals surface area contributed by atoms with Gasteiger partial charge in [-0.15, -0.1) is 0 Å². The smallest absolute Gasteiger partial charge is 0.312 e. The highest BCUT2D eigenvalue weighted by Crippen LogP contribution is 2.23. The predicted octanol–water partition coefficient (Wildman–Crippen LogP) is 1.21. The summed E-state index contributed by atoms with van der Waals surface area (Å²) in [7, 11) is 0. The molecule has 4 nitrogen and oxygen atoms in total. The summed E-state index contributed by atoms with van der Waals surface area (Å²) in [6.07, 6.45) is 1.61. The lowest BCUT2D eigenvalue weighted by Gasteiger charge is -2.31. The Hall–Kier alpha value is -0.710. The summed E-state index contributed by atoms with van der Waals surface area (Å²) in [6.45, 7) is 3.56. The largest absolute Gasteiger partial charge is 0.481 e. The molecule has 1 saturated heterocycles. The zero-order chi connectivity index (χ0) is 11.3. The minimum atomic E-state index is -1.04. The Morgan fingerprint density at radius 2 is 2.00 bits per heavy atom. The third kappa shape index (κ3) is 4.11. The van der Waals surface area contributed by atoms with E-state index in [0.29, 0.717) is 18.3 Å². The fraction of sp³-hybridized carbons (Fsp3) is 0.800. The van der Waals surface area contributed by atoms with Crippen LogP contribution >= 0.6 is 11.8 Å². The van der Waals surface area contributed by atoms with Crippen molar-refractivity contribution in [3.8, 4) is 0 Å². The Balaban J connectivity index is 2.30. The number of hydrogen-bond acceptors (Lipinski definition) is 3. The minimum Gasteiger partial charge on any atom is -0.481 e. The molecule has 1 heterocycles. The molecule has 1 amide bonds. The Morgan fingerprint density at radius 3 is 2.47 bits per heavy atom. The Bertz CT molecular complexity index is 237. The number of thioether (sulfide) groups is 1. The van der Waals surface area contributed by atoms with Crippen molar-refractivity contribution < 1.29 is 14.7 Å². The number of piperidine rings is 1. The number of carboxylic acids is 1. The van der Waals surface area contributed by atoms with E-state index in [1.54, 1.807) is 4.90 Å². The number of carbonyl (C=O) groups excluding carboxylic acids is 1. The maximum absolute atomic E-state index is 11.4. The third-order valence-electron chi connectivity index (χ3n) is 2.50. The van der Waals surface area contributed by atoms with Crippen molar-refractivity contribution in [2.24, 2.45) is 0 Å². The molecular weight excluding hydrogens is 214 g/mol. The van der Waals surface area contributed by atoms with Crippen LogP contribution in [0.2, 0.25) is 0 Å². The fourth-order valence-electron chi connectivity index (χ4n) is 1.75. The van der Waals surface area contributed by atoms with Crippen LogP contribution in [0.1, 0.15) is 26.2 Å². The van der Waals surface area contributed by atoms with Gasteiger partial charge in [0.05, 0.1) is 0 Å². The van der Waals surface area contributed by atoms with Gasteiger partial charge in [0.15, 0.2) is 0 Å². The first-order valence-electron chi connectivity index (χ1n) is 5.24. The second kappa shape index (κ2) is 6.00. The monoisotopic (exact) mass is 231 g/mol. The second-order valence-corrected chi connectivity index (χ2v) is 5.18. The molecule has 1 N–H and O–H groups in total. The molecular formula is C10H17NO3S. The molecule has 0 aromatic rings. The van der Waals surface area contributed by atoms with E-state index in [9.17, 15) is 9.59 Å². The van der Waals surface area contributed by atoms with Crippen LogP contribution < -0.4 is 0 Å². The van der Waals surface area contributed by atoms with Gasteiger partial charge in [0, 0.05) is 18.3 Å². The van der Waals surface area contributed by atoms with E-state index in [-0.39, 0.29) is 12.3 Å². The molecule has 0 radical (unpaired) electrons. The van der Waals surface area contributed by atoms with Crippen LogP contribution in [0.3, 0.4) is 0 Å². The lowest BCUT2D eigenvalue weighted by Crippen LogP contribution is -2.40. The molecule has 0 aliphatic carbocycles. The summed E-state index contributed by atoms with van der Waals surface area (Å²) in [5.41, 5.74) is 0. The van der Waals surface area contributed by atoms with Crippen molar-refractivity contribution in [3.63, 3.8) is 0 Å².